The van der Waals surface area contributed by atoms with E-state index in [1.807, 2.05) is 48.5 Å². The fourth-order valence-corrected chi connectivity index (χ4v) is 7.83. The van der Waals surface area contributed by atoms with Crippen LogP contribution in [0.1, 0.15) is 36.2 Å². The molecule has 1 saturated heterocycles. The smallest absolute Gasteiger partial charge is 0.267 e. The third kappa shape index (κ3) is 5.73. The van der Waals surface area contributed by atoms with E-state index in [0.29, 0.717) is 35.6 Å². The number of hydrogen-bond donors (Lipinski definition) is 0. The first-order valence-electron chi connectivity index (χ1n) is 12.3. The lowest BCUT2D eigenvalue weighted by atomic mass is 9.94. The number of hydrogen-bond acceptors (Lipinski definition) is 6. The zero-order valence-corrected chi connectivity index (χ0v) is 24.2. The lowest BCUT2D eigenvalue weighted by Crippen LogP contribution is -2.42. The summed E-state index contributed by atoms with van der Waals surface area (Å²) >= 11 is 4.83. The topological polar surface area (TPSA) is 82.9 Å². The van der Waals surface area contributed by atoms with Crippen molar-refractivity contribution in [3.05, 3.63) is 88.4 Å². The minimum Gasteiger partial charge on any atom is -0.267 e. The zero-order chi connectivity index (χ0) is 26.9. The van der Waals surface area contributed by atoms with Crippen molar-refractivity contribution in [3.8, 4) is 0 Å². The highest BCUT2D eigenvalue weighted by atomic mass is 79.9. The molecule has 2 unspecified atom stereocenters. The van der Waals surface area contributed by atoms with Gasteiger partial charge in [0.25, 0.3) is 5.91 Å². The second-order valence-corrected chi connectivity index (χ2v) is 13.5. The normalized spacial score (nSPS) is 18.7. The summed E-state index contributed by atoms with van der Waals surface area (Å²) in [7, 11) is -3.65. The van der Waals surface area contributed by atoms with Crippen molar-refractivity contribution >= 4 is 64.8 Å². The molecule has 2 heterocycles. The number of hydrazone groups is 1. The van der Waals surface area contributed by atoms with E-state index in [2.05, 4.69) is 39.9 Å². The van der Waals surface area contributed by atoms with Crippen LogP contribution in [0.3, 0.4) is 0 Å². The molecule has 5 rings (SSSR count). The van der Waals surface area contributed by atoms with Crippen LogP contribution >= 0.6 is 27.3 Å². The molecule has 1 aliphatic heterocycles. The summed E-state index contributed by atoms with van der Waals surface area (Å²) in [4.78, 5) is 18.5. The van der Waals surface area contributed by atoms with Gasteiger partial charge < -0.3 is 0 Å². The molecule has 0 N–H and O–H groups in total. The zero-order valence-electron chi connectivity index (χ0n) is 21.0. The van der Waals surface area contributed by atoms with Crippen LogP contribution in [0.15, 0.2) is 87.3 Å². The first-order chi connectivity index (χ1) is 18.2. The van der Waals surface area contributed by atoms with Crippen molar-refractivity contribution in [2.75, 3.05) is 18.1 Å². The molecule has 0 aliphatic carbocycles. The number of rotatable bonds is 6. The molecule has 0 radical (unpaired) electrons. The van der Waals surface area contributed by atoms with Gasteiger partial charge in [-0.2, -0.15) is 14.4 Å². The largest absolute Gasteiger partial charge is 0.280 e. The average molecular weight is 612 g/mol. The Morgan fingerprint density at radius 2 is 1.74 bits per heavy atom. The Balaban J connectivity index is 1.46. The van der Waals surface area contributed by atoms with Crippen LogP contribution in [-0.4, -0.2) is 42.9 Å². The van der Waals surface area contributed by atoms with Gasteiger partial charge in [-0.15, -0.1) is 0 Å². The number of fused-ring (bicyclic) bond motifs is 1. The second kappa shape index (κ2) is 11.1. The summed E-state index contributed by atoms with van der Waals surface area (Å²) in [5.41, 5.74) is 1.91. The fraction of sp³-hybridized carbons (Fsp3) is 0.250. The Bertz CT molecular complexity index is 1580. The number of carbonyl (C=O) groups excluding carboxylic acids is 1. The second-order valence-electron chi connectivity index (χ2n) is 9.67. The molecular weight excluding hydrogens is 584 g/mol. The van der Waals surface area contributed by atoms with Crippen molar-refractivity contribution in [2.24, 2.45) is 16.9 Å². The molecule has 4 aromatic rings. The minimum absolute atomic E-state index is 0.180. The van der Waals surface area contributed by atoms with E-state index < -0.39 is 15.9 Å². The Morgan fingerprint density at radius 1 is 1.05 bits per heavy atom. The number of halogens is 1. The van der Waals surface area contributed by atoms with Crippen LogP contribution in [0.5, 0.6) is 0 Å². The minimum atomic E-state index is -3.65. The predicted molar refractivity (Wildman–Crippen MR) is 156 cm³/mol. The summed E-state index contributed by atoms with van der Waals surface area (Å²) < 4.78 is 30.0. The van der Waals surface area contributed by atoms with Gasteiger partial charge in [0.1, 0.15) is 0 Å². The van der Waals surface area contributed by atoms with E-state index in [9.17, 15) is 13.2 Å². The number of thiazole rings is 1. The van der Waals surface area contributed by atoms with E-state index in [0.717, 1.165) is 26.7 Å². The lowest BCUT2D eigenvalue weighted by molar-refractivity contribution is 0.0987. The average Bonchev–Trinajstić information content (AvgIpc) is 3.31. The highest BCUT2D eigenvalue weighted by Gasteiger charge is 2.32. The molecule has 38 heavy (non-hydrogen) atoms. The Labute approximate surface area is 235 Å². The number of aromatic nitrogens is 1. The molecule has 0 bridgehead atoms. The fourth-order valence-electron chi connectivity index (χ4n) is 4.67. The van der Waals surface area contributed by atoms with E-state index in [1.54, 1.807) is 22.7 Å². The monoisotopic (exact) mass is 610 g/mol. The number of piperidine rings is 1. The third-order valence-corrected chi connectivity index (χ3v) is 9.74. The van der Waals surface area contributed by atoms with Gasteiger partial charge in [0.15, 0.2) is 0 Å². The molecule has 3 aromatic carbocycles. The van der Waals surface area contributed by atoms with Crippen LogP contribution in [0.2, 0.25) is 0 Å². The lowest BCUT2D eigenvalue weighted by Gasteiger charge is -2.34. The summed E-state index contributed by atoms with van der Waals surface area (Å²) in [5, 5.41) is 6.17. The summed E-state index contributed by atoms with van der Waals surface area (Å²) in [5.74, 6) is 0.208. The number of carbonyl (C=O) groups is 1. The number of amides is 1. The van der Waals surface area contributed by atoms with Crippen LogP contribution in [-0.2, 0) is 10.0 Å². The Morgan fingerprint density at radius 3 is 2.42 bits per heavy atom. The SMILES string of the molecule is CC1CC(C)CN(S(=O)(=O)c2ccc(C(=O)N(/N=C/c3ccccc3)c3nc4ccc(Br)cc4s3)cc2)C1. The van der Waals surface area contributed by atoms with Gasteiger partial charge in [-0.1, -0.05) is 71.4 Å². The standard InChI is InChI=1S/C28H27BrN4O3S2/c1-19-14-20(2)18-32(17-19)38(35,36)24-11-8-22(9-12-24)27(34)33(30-16-21-6-4-3-5-7-21)28-31-25-13-10-23(29)15-26(25)37-28/h3-13,15-16,19-20H,14,17-18H2,1-2H3/b30-16+. The predicted octanol–water partition coefficient (Wildman–Crippen LogP) is 6.41. The maximum absolute atomic E-state index is 13.7. The summed E-state index contributed by atoms with van der Waals surface area (Å²) in [6, 6.07) is 21.3. The number of anilines is 1. The molecule has 7 nitrogen and oxygen atoms in total. The third-order valence-electron chi connectivity index (χ3n) is 6.41. The van der Waals surface area contributed by atoms with E-state index in [-0.39, 0.29) is 4.90 Å². The summed E-state index contributed by atoms with van der Waals surface area (Å²) in [6.45, 7) is 5.16. The molecule has 1 fully saturated rings. The van der Waals surface area contributed by atoms with Gasteiger partial charge in [0.05, 0.1) is 21.3 Å². The molecule has 1 aromatic heterocycles. The molecule has 1 amide bonds. The maximum atomic E-state index is 13.7. The van der Waals surface area contributed by atoms with E-state index in [4.69, 9.17) is 0 Å². The molecule has 0 saturated carbocycles. The maximum Gasteiger partial charge on any atom is 0.280 e. The number of benzene rings is 3. The number of nitrogens with zero attached hydrogens (tertiary/aromatic N) is 4. The van der Waals surface area contributed by atoms with Crippen LogP contribution < -0.4 is 5.01 Å². The van der Waals surface area contributed by atoms with Crippen molar-refractivity contribution < 1.29 is 13.2 Å². The van der Waals surface area contributed by atoms with Crippen molar-refractivity contribution in [3.63, 3.8) is 0 Å². The van der Waals surface area contributed by atoms with E-state index in [1.165, 1.54) is 28.5 Å². The van der Waals surface area contributed by atoms with Gasteiger partial charge >= 0.3 is 0 Å². The van der Waals surface area contributed by atoms with Gasteiger partial charge in [-0.3, -0.25) is 4.79 Å². The van der Waals surface area contributed by atoms with Gasteiger partial charge in [0.2, 0.25) is 15.2 Å². The van der Waals surface area contributed by atoms with Crippen molar-refractivity contribution in [1.29, 1.82) is 0 Å². The van der Waals surface area contributed by atoms with Crippen molar-refractivity contribution in [2.45, 2.75) is 25.2 Å². The summed E-state index contributed by atoms with van der Waals surface area (Å²) in [6.07, 6.45) is 2.62. The Hall–Kier alpha value is -2.92. The molecule has 196 valence electrons. The van der Waals surface area contributed by atoms with Crippen LogP contribution in [0.25, 0.3) is 10.2 Å². The Kier molecular flexibility index (Phi) is 7.76. The highest BCUT2D eigenvalue weighted by Crippen LogP contribution is 2.32. The first kappa shape index (κ1) is 26.7. The van der Waals surface area contributed by atoms with Crippen LogP contribution in [0.4, 0.5) is 5.13 Å². The van der Waals surface area contributed by atoms with Crippen molar-refractivity contribution in [1.82, 2.24) is 9.29 Å². The number of sulfonamides is 1. The quantitative estimate of drug-likeness (QED) is 0.187. The van der Waals surface area contributed by atoms with E-state index >= 15 is 0 Å². The molecule has 1 aliphatic rings. The molecular formula is C28H27BrN4O3S2. The van der Waals surface area contributed by atoms with Gasteiger partial charge in [0, 0.05) is 23.1 Å². The molecule has 10 heteroatoms. The first-order valence-corrected chi connectivity index (χ1v) is 15.4. The van der Waals surface area contributed by atoms with Crippen LogP contribution in [0, 0.1) is 11.8 Å². The molecule has 0 spiro atoms. The highest BCUT2D eigenvalue weighted by molar-refractivity contribution is 9.10. The van der Waals surface area contributed by atoms with Gasteiger partial charge in [-0.25, -0.2) is 13.4 Å². The molecule has 2 atom stereocenters. The van der Waals surface area contributed by atoms with Gasteiger partial charge in [-0.05, 0) is 66.3 Å².